The van der Waals surface area contributed by atoms with Crippen LogP contribution in [0.4, 0.5) is 13.2 Å². The maximum absolute atomic E-state index is 11.7. The summed E-state index contributed by atoms with van der Waals surface area (Å²) in [6, 6.07) is 0.0927. The van der Waals surface area contributed by atoms with E-state index in [1.54, 1.807) is 0 Å². The summed E-state index contributed by atoms with van der Waals surface area (Å²) >= 11 is 0. The molecule has 1 aliphatic rings. The van der Waals surface area contributed by atoms with E-state index in [0.29, 0.717) is 0 Å². The zero-order valence-corrected chi connectivity index (χ0v) is 8.77. The Morgan fingerprint density at radius 2 is 2.25 bits per heavy atom. The van der Waals surface area contributed by atoms with Crippen LogP contribution in [0.2, 0.25) is 0 Å². The highest BCUT2D eigenvalue weighted by Gasteiger charge is 2.27. The van der Waals surface area contributed by atoms with Gasteiger partial charge in [0.2, 0.25) is 5.91 Å². The first-order valence-electron chi connectivity index (χ1n) is 5.12. The van der Waals surface area contributed by atoms with E-state index in [0.717, 1.165) is 19.5 Å². The SMILES string of the molecule is O=C(CCOCC(F)(F)F)NC1CCNC1. The van der Waals surface area contributed by atoms with Crippen molar-refractivity contribution < 1.29 is 22.7 Å². The number of carbonyl (C=O) groups excluding carboxylic acids is 1. The normalized spacial score (nSPS) is 21.1. The van der Waals surface area contributed by atoms with Crippen molar-refractivity contribution in [2.24, 2.45) is 0 Å². The highest BCUT2D eigenvalue weighted by Crippen LogP contribution is 2.14. The molecule has 1 unspecified atom stereocenters. The largest absolute Gasteiger partial charge is 0.411 e. The predicted octanol–water partition coefficient (Wildman–Crippen LogP) is 0.433. The van der Waals surface area contributed by atoms with Crippen molar-refractivity contribution in [1.82, 2.24) is 10.6 Å². The predicted molar refractivity (Wildman–Crippen MR) is 50.9 cm³/mol. The molecule has 1 amide bonds. The van der Waals surface area contributed by atoms with E-state index in [1.807, 2.05) is 0 Å². The van der Waals surface area contributed by atoms with E-state index in [1.165, 1.54) is 0 Å². The minimum atomic E-state index is -4.33. The standard InChI is InChI=1S/C9H15F3N2O2/c10-9(11,12)6-16-4-2-8(15)14-7-1-3-13-5-7/h7,13H,1-6H2,(H,14,15). The zero-order chi connectivity index (χ0) is 12.0. The summed E-state index contributed by atoms with van der Waals surface area (Å²) < 4.78 is 39.4. The molecule has 1 fully saturated rings. The second kappa shape index (κ2) is 6.05. The Bertz CT molecular complexity index is 227. The fourth-order valence-electron chi connectivity index (χ4n) is 1.43. The quantitative estimate of drug-likeness (QED) is 0.685. The maximum atomic E-state index is 11.7. The lowest BCUT2D eigenvalue weighted by Crippen LogP contribution is -2.36. The number of nitrogens with one attached hydrogen (secondary N) is 2. The monoisotopic (exact) mass is 240 g/mol. The summed E-state index contributed by atoms with van der Waals surface area (Å²) in [5, 5.41) is 5.78. The van der Waals surface area contributed by atoms with Crippen molar-refractivity contribution >= 4 is 5.91 Å². The second-order valence-electron chi connectivity index (χ2n) is 3.68. The van der Waals surface area contributed by atoms with E-state index in [9.17, 15) is 18.0 Å². The van der Waals surface area contributed by atoms with Crippen LogP contribution in [0.1, 0.15) is 12.8 Å². The van der Waals surface area contributed by atoms with Crippen molar-refractivity contribution in [2.75, 3.05) is 26.3 Å². The van der Waals surface area contributed by atoms with Crippen molar-refractivity contribution in [3.63, 3.8) is 0 Å². The Hall–Kier alpha value is -0.820. The molecule has 0 aromatic rings. The summed E-state index contributed by atoms with van der Waals surface area (Å²) in [4.78, 5) is 11.2. The molecule has 7 heteroatoms. The zero-order valence-electron chi connectivity index (χ0n) is 8.77. The molecule has 1 heterocycles. The van der Waals surface area contributed by atoms with Crippen molar-refractivity contribution in [3.8, 4) is 0 Å². The van der Waals surface area contributed by atoms with Gasteiger partial charge < -0.3 is 15.4 Å². The van der Waals surface area contributed by atoms with Gasteiger partial charge in [-0.25, -0.2) is 0 Å². The molecule has 2 N–H and O–H groups in total. The van der Waals surface area contributed by atoms with Gasteiger partial charge in [-0.2, -0.15) is 13.2 Å². The number of alkyl halides is 3. The van der Waals surface area contributed by atoms with Gasteiger partial charge in [-0.15, -0.1) is 0 Å². The van der Waals surface area contributed by atoms with Crippen LogP contribution in [0.25, 0.3) is 0 Å². The Balaban J connectivity index is 2.02. The van der Waals surface area contributed by atoms with Crippen LogP contribution in [0, 0.1) is 0 Å². The number of hydrogen-bond acceptors (Lipinski definition) is 3. The third kappa shape index (κ3) is 5.92. The van der Waals surface area contributed by atoms with Gasteiger partial charge in [-0.1, -0.05) is 0 Å². The summed E-state index contributed by atoms with van der Waals surface area (Å²) in [6.07, 6.45) is -3.51. The van der Waals surface area contributed by atoms with Crippen molar-refractivity contribution in [1.29, 1.82) is 0 Å². The Morgan fingerprint density at radius 3 is 2.81 bits per heavy atom. The average Bonchev–Trinajstić information content (AvgIpc) is 2.63. The molecule has 0 saturated carbocycles. The average molecular weight is 240 g/mol. The van der Waals surface area contributed by atoms with Gasteiger partial charge in [0.15, 0.2) is 0 Å². The van der Waals surface area contributed by atoms with Gasteiger partial charge in [0, 0.05) is 19.0 Å². The molecular weight excluding hydrogens is 225 g/mol. The second-order valence-corrected chi connectivity index (χ2v) is 3.68. The molecule has 0 spiro atoms. The molecule has 0 aromatic carbocycles. The molecule has 16 heavy (non-hydrogen) atoms. The van der Waals surface area contributed by atoms with E-state index in [-0.39, 0.29) is 25.0 Å². The van der Waals surface area contributed by atoms with Gasteiger partial charge >= 0.3 is 6.18 Å². The van der Waals surface area contributed by atoms with Gasteiger partial charge in [0.25, 0.3) is 0 Å². The van der Waals surface area contributed by atoms with Crippen LogP contribution in [0.5, 0.6) is 0 Å². The fraction of sp³-hybridized carbons (Fsp3) is 0.889. The lowest BCUT2D eigenvalue weighted by Gasteiger charge is -2.11. The van der Waals surface area contributed by atoms with Crippen molar-refractivity contribution in [3.05, 3.63) is 0 Å². The first-order chi connectivity index (χ1) is 7.47. The molecule has 0 bridgehead atoms. The third-order valence-electron chi connectivity index (χ3n) is 2.16. The molecule has 0 radical (unpaired) electrons. The van der Waals surface area contributed by atoms with Crippen LogP contribution in [-0.4, -0.2) is 44.4 Å². The van der Waals surface area contributed by atoms with E-state index < -0.39 is 12.8 Å². The van der Waals surface area contributed by atoms with Crippen LogP contribution in [0.15, 0.2) is 0 Å². The van der Waals surface area contributed by atoms with E-state index in [2.05, 4.69) is 15.4 Å². The molecule has 0 aliphatic carbocycles. The maximum Gasteiger partial charge on any atom is 0.411 e. The van der Waals surface area contributed by atoms with Gasteiger partial charge in [-0.3, -0.25) is 4.79 Å². The van der Waals surface area contributed by atoms with Crippen LogP contribution >= 0.6 is 0 Å². The Kier molecular flexibility index (Phi) is 5.01. The summed E-state index contributed by atoms with van der Waals surface area (Å²) in [5.74, 6) is -0.268. The topological polar surface area (TPSA) is 50.4 Å². The number of ether oxygens (including phenoxy) is 1. The van der Waals surface area contributed by atoms with Crippen LogP contribution < -0.4 is 10.6 Å². The van der Waals surface area contributed by atoms with Gasteiger partial charge in [-0.05, 0) is 13.0 Å². The van der Waals surface area contributed by atoms with Gasteiger partial charge in [0.1, 0.15) is 6.61 Å². The lowest BCUT2D eigenvalue weighted by molar-refractivity contribution is -0.174. The van der Waals surface area contributed by atoms with Crippen LogP contribution in [0.3, 0.4) is 0 Å². The molecule has 1 aliphatic heterocycles. The first kappa shape index (κ1) is 13.2. The smallest absolute Gasteiger partial charge is 0.372 e. The number of amides is 1. The Labute approximate surface area is 91.5 Å². The number of hydrogen-bond donors (Lipinski definition) is 2. The molecule has 0 aromatic heterocycles. The van der Waals surface area contributed by atoms with Crippen molar-refractivity contribution in [2.45, 2.75) is 25.1 Å². The molecule has 1 atom stereocenters. The van der Waals surface area contributed by atoms with E-state index in [4.69, 9.17) is 0 Å². The van der Waals surface area contributed by atoms with E-state index >= 15 is 0 Å². The molecule has 94 valence electrons. The highest BCUT2D eigenvalue weighted by atomic mass is 19.4. The number of halogens is 3. The molecule has 4 nitrogen and oxygen atoms in total. The first-order valence-corrected chi connectivity index (χ1v) is 5.12. The lowest BCUT2D eigenvalue weighted by atomic mass is 10.2. The fourth-order valence-corrected chi connectivity index (χ4v) is 1.43. The summed E-state index contributed by atoms with van der Waals surface area (Å²) in [6.45, 7) is 0.0709. The molecule has 1 rings (SSSR count). The van der Waals surface area contributed by atoms with Gasteiger partial charge in [0.05, 0.1) is 6.61 Å². The molecular formula is C9H15F3N2O2. The summed E-state index contributed by atoms with van der Waals surface area (Å²) in [5.41, 5.74) is 0. The third-order valence-corrected chi connectivity index (χ3v) is 2.16. The van der Waals surface area contributed by atoms with Crippen LogP contribution in [-0.2, 0) is 9.53 Å². The highest BCUT2D eigenvalue weighted by molar-refractivity contribution is 5.76. The minimum absolute atomic E-state index is 0.0351. The Morgan fingerprint density at radius 1 is 1.50 bits per heavy atom. The molecule has 1 saturated heterocycles. The number of rotatable bonds is 5. The minimum Gasteiger partial charge on any atom is -0.372 e. The summed E-state index contributed by atoms with van der Waals surface area (Å²) in [7, 11) is 0. The number of carbonyl (C=O) groups is 1.